The van der Waals surface area contributed by atoms with Gasteiger partial charge >= 0.3 is 0 Å². The summed E-state index contributed by atoms with van der Waals surface area (Å²) < 4.78 is 34.0. The van der Waals surface area contributed by atoms with Crippen LogP contribution in [-0.2, 0) is 4.74 Å². The first-order valence-corrected chi connectivity index (χ1v) is 9.10. The normalized spacial score (nSPS) is 22.4. The van der Waals surface area contributed by atoms with Crippen LogP contribution in [0, 0.1) is 6.92 Å². The van der Waals surface area contributed by atoms with E-state index in [1.54, 1.807) is 4.90 Å². The lowest BCUT2D eigenvalue weighted by atomic mass is 9.96. The molecule has 0 spiro atoms. The Labute approximate surface area is 156 Å². The van der Waals surface area contributed by atoms with Gasteiger partial charge in [0.1, 0.15) is 17.4 Å². The fourth-order valence-corrected chi connectivity index (χ4v) is 3.64. The van der Waals surface area contributed by atoms with Gasteiger partial charge in [0, 0.05) is 13.1 Å². The zero-order chi connectivity index (χ0) is 19.0. The van der Waals surface area contributed by atoms with Crippen LogP contribution in [0.3, 0.4) is 0 Å². The molecule has 1 amide bonds. The third-order valence-electron chi connectivity index (χ3n) is 5.20. The molecule has 0 bridgehead atoms. The number of halogens is 2. The summed E-state index contributed by atoms with van der Waals surface area (Å²) in [5.41, 5.74) is 2.36. The molecule has 1 N–H and O–H groups in total. The molecule has 2 aliphatic heterocycles. The summed E-state index contributed by atoms with van der Waals surface area (Å²) in [6, 6.07) is 6.42. The van der Waals surface area contributed by atoms with Crippen LogP contribution in [0.1, 0.15) is 40.0 Å². The van der Waals surface area contributed by atoms with Gasteiger partial charge < -0.3 is 15.0 Å². The molecular formula is C19H22F2N4O2. The van der Waals surface area contributed by atoms with Gasteiger partial charge in [-0.05, 0) is 18.9 Å². The van der Waals surface area contributed by atoms with E-state index in [-0.39, 0.29) is 18.4 Å². The van der Waals surface area contributed by atoms with Crippen molar-refractivity contribution in [2.75, 3.05) is 31.6 Å². The Bertz CT molecular complexity index is 816. The Morgan fingerprint density at radius 2 is 1.96 bits per heavy atom. The molecule has 1 saturated heterocycles. The Morgan fingerprint density at radius 1 is 1.26 bits per heavy atom. The summed E-state index contributed by atoms with van der Waals surface area (Å²) in [6.45, 7) is 3.92. The van der Waals surface area contributed by atoms with Crippen molar-refractivity contribution in [1.82, 2.24) is 14.7 Å². The van der Waals surface area contributed by atoms with Crippen molar-refractivity contribution in [3.63, 3.8) is 0 Å². The highest BCUT2D eigenvalue weighted by Crippen LogP contribution is 2.39. The van der Waals surface area contributed by atoms with Crippen molar-refractivity contribution >= 4 is 11.7 Å². The highest BCUT2D eigenvalue weighted by atomic mass is 19.3. The quantitative estimate of drug-likeness (QED) is 0.895. The van der Waals surface area contributed by atoms with Crippen LogP contribution >= 0.6 is 0 Å². The minimum atomic E-state index is -2.56. The number of aryl methyl sites for hydroxylation is 1. The molecule has 2 aliphatic rings. The van der Waals surface area contributed by atoms with Crippen LogP contribution in [0.2, 0.25) is 0 Å². The molecule has 0 radical (unpaired) electrons. The van der Waals surface area contributed by atoms with E-state index in [0.717, 1.165) is 11.1 Å². The Hall–Kier alpha value is -2.48. The summed E-state index contributed by atoms with van der Waals surface area (Å²) in [5, 5.41) is 7.39. The summed E-state index contributed by atoms with van der Waals surface area (Å²) in [6.07, 6.45) is -0.960. The van der Waals surface area contributed by atoms with Gasteiger partial charge in [-0.3, -0.25) is 4.79 Å². The summed E-state index contributed by atoms with van der Waals surface area (Å²) in [5.74, 6) is 0.165. The number of carbonyl (C=O) groups is 1. The zero-order valence-electron chi connectivity index (χ0n) is 15.1. The van der Waals surface area contributed by atoms with Crippen molar-refractivity contribution in [3.05, 3.63) is 47.2 Å². The van der Waals surface area contributed by atoms with Gasteiger partial charge in [-0.1, -0.05) is 29.8 Å². The number of nitrogens with one attached hydrogen (secondary N) is 1. The number of rotatable bonds is 3. The molecule has 8 heteroatoms. The lowest BCUT2D eigenvalue weighted by Gasteiger charge is -2.33. The Morgan fingerprint density at radius 3 is 2.63 bits per heavy atom. The number of benzene rings is 1. The number of hydrogen-bond acceptors (Lipinski definition) is 4. The van der Waals surface area contributed by atoms with Crippen LogP contribution in [0.15, 0.2) is 30.5 Å². The van der Waals surface area contributed by atoms with E-state index in [0.29, 0.717) is 37.7 Å². The van der Waals surface area contributed by atoms with Crippen molar-refractivity contribution in [3.8, 4) is 0 Å². The van der Waals surface area contributed by atoms with Crippen molar-refractivity contribution in [2.24, 2.45) is 0 Å². The van der Waals surface area contributed by atoms with Gasteiger partial charge in [0.15, 0.2) is 0 Å². The van der Waals surface area contributed by atoms with E-state index in [2.05, 4.69) is 10.4 Å². The molecule has 2 aromatic rings. The fourth-order valence-electron chi connectivity index (χ4n) is 3.64. The molecule has 0 saturated carbocycles. The van der Waals surface area contributed by atoms with E-state index in [1.807, 2.05) is 31.2 Å². The molecule has 1 fully saturated rings. The number of nitrogens with zero attached hydrogens (tertiary/aromatic N) is 3. The maximum absolute atomic E-state index is 13.7. The Balaban J connectivity index is 1.67. The third-order valence-corrected chi connectivity index (χ3v) is 5.20. The first-order chi connectivity index (χ1) is 13.0. The highest BCUT2D eigenvalue weighted by Gasteiger charge is 2.37. The first-order valence-electron chi connectivity index (χ1n) is 9.10. The molecule has 27 heavy (non-hydrogen) atoms. The topological polar surface area (TPSA) is 59.4 Å². The lowest BCUT2D eigenvalue weighted by Crippen LogP contribution is -2.41. The molecule has 0 aliphatic carbocycles. The number of anilines is 1. The van der Waals surface area contributed by atoms with Gasteiger partial charge in [0.2, 0.25) is 0 Å². The van der Waals surface area contributed by atoms with Crippen LogP contribution in [0.4, 0.5) is 14.6 Å². The van der Waals surface area contributed by atoms with Crippen molar-refractivity contribution in [2.45, 2.75) is 31.9 Å². The smallest absolute Gasteiger partial charge is 0.260 e. The minimum absolute atomic E-state index is 0.204. The van der Waals surface area contributed by atoms with Gasteiger partial charge in [0.05, 0.1) is 25.5 Å². The molecular weight excluding hydrogens is 354 g/mol. The number of ether oxygens (including phenoxy) is 1. The second-order valence-electron chi connectivity index (χ2n) is 7.00. The molecule has 1 aromatic carbocycles. The standard InChI is InChI=1S/C19H22F2N4O2/c1-12-2-4-13(5-3-12)15-10-16(17(20)21)25-18(23-15)14(11-22-25)19(26)24-6-8-27-9-7-24/h2-5,11,15-17,23H,6-10H2,1H3/t15-,16-/m0/s1. The van der Waals surface area contributed by atoms with Crippen LogP contribution in [0.25, 0.3) is 0 Å². The molecule has 2 atom stereocenters. The largest absolute Gasteiger partial charge is 0.378 e. The summed E-state index contributed by atoms with van der Waals surface area (Å²) in [4.78, 5) is 14.6. The van der Waals surface area contributed by atoms with Crippen LogP contribution in [-0.4, -0.2) is 53.3 Å². The van der Waals surface area contributed by atoms with E-state index < -0.39 is 12.5 Å². The predicted molar refractivity (Wildman–Crippen MR) is 96.2 cm³/mol. The average molecular weight is 376 g/mol. The predicted octanol–water partition coefficient (Wildman–Crippen LogP) is 3.03. The highest BCUT2D eigenvalue weighted by molar-refractivity contribution is 5.99. The number of fused-ring (bicyclic) bond motifs is 1. The SMILES string of the molecule is Cc1ccc([C@@H]2C[C@@H](C(F)F)n3ncc(C(=O)N4CCOCC4)c3N2)cc1. The van der Waals surface area contributed by atoms with Gasteiger partial charge in [-0.25, -0.2) is 13.5 Å². The number of carbonyl (C=O) groups excluding carboxylic acids is 1. The van der Waals surface area contributed by atoms with Gasteiger partial charge in [-0.15, -0.1) is 0 Å². The molecule has 6 nitrogen and oxygen atoms in total. The first kappa shape index (κ1) is 17.9. The second kappa shape index (κ2) is 7.26. The number of alkyl halides is 2. The summed E-state index contributed by atoms with van der Waals surface area (Å²) in [7, 11) is 0. The van der Waals surface area contributed by atoms with Crippen LogP contribution in [0.5, 0.6) is 0 Å². The fraction of sp³-hybridized carbons (Fsp3) is 0.474. The average Bonchev–Trinajstić information content (AvgIpc) is 3.11. The summed E-state index contributed by atoms with van der Waals surface area (Å²) >= 11 is 0. The van der Waals surface area contributed by atoms with Gasteiger partial charge in [0.25, 0.3) is 12.3 Å². The molecule has 1 aromatic heterocycles. The van der Waals surface area contributed by atoms with Gasteiger partial charge in [-0.2, -0.15) is 5.10 Å². The van der Waals surface area contributed by atoms with E-state index in [9.17, 15) is 13.6 Å². The lowest BCUT2D eigenvalue weighted by molar-refractivity contribution is 0.0302. The Kier molecular flexibility index (Phi) is 4.82. The molecule has 144 valence electrons. The zero-order valence-corrected chi connectivity index (χ0v) is 15.1. The van der Waals surface area contributed by atoms with Crippen molar-refractivity contribution < 1.29 is 18.3 Å². The number of morpholine rings is 1. The second-order valence-corrected chi connectivity index (χ2v) is 7.00. The maximum atomic E-state index is 13.7. The van der Waals surface area contributed by atoms with E-state index in [1.165, 1.54) is 10.9 Å². The number of amides is 1. The number of aromatic nitrogens is 2. The molecule has 3 heterocycles. The minimum Gasteiger partial charge on any atom is -0.378 e. The third kappa shape index (κ3) is 3.41. The van der Waals surface area contributed by atoms with E-state index >= 15 is 0 Å². The monoisotopic (exact) mass is 376 g/mol. The molecule has 4 rings (SSSR count). The van der Waals surface area contributed by atoms with Crippen LogP contribution < -0.4 is 5.32 Å². The van der Waals surface area contributed by atoms with E-state index in [4.69, 9.17) is 4.74 Å². The van der Waals surface area contributed by atoms with Crippen molar-refractivity contribution in [1.29, 1.82) is 0 Å². The number of hydrogen-bond donors (Lipinski definition) is 1. The maximum Gasteiger partial charge on any atom is 0.260 e. The molecule has 0 unspecified atom stereocenters.